The summed E-state index contributed by atoms with van der Waals surface area (Å²) in [5.74, 6) is -1.13. The zero-order valence-electron chi connectivity index (χ0n) is 10.6. The van der Waals surface area contributed by atoms with Crippen LogP contribution in [0.2, 0.25) is 0 Å². The van der Waals surface area contributed by atoms with Crippen LogP contribution in [-0.4, -0.2) is 25.3 Å². The fraction of sp³-hybridized carbons (Fsp3) is 0.500. The highest BCUT2D eigenvalue weighted by molar-refractivity contribution is 7.85. The standard InChI is InChI=1S/C12H17FO4S/c1-12(2,3)9-4-5-11(10(13)8-9)17-6-7-18(14,15)16/h4-5,8H,6-7H2,1-3H3,(H,14,15,16). The van der Waals surface area contributed by atoms with Crippen LogP contribution in [0.1, 0.15) is 26.3 Å². The van der Waals surface area contributed by atoms with Crippen molar-refractivity contribution in [2.75, 3.05) is 12.4 Å². The molecule has 0 aromatic heterocycles. The quantitative estimate of drug-likeness (QED) is 0.858. The second-order valence-electron chi connectivity index (χ2n) is 5.03. The minimum atomic E-state index is -4.09. The van der Waals surface area contributed by atoms with Crippen molar-refractivity contribution in [3.05, 3.63) is 29.6 Å². The van der Waals surface area contributed by atoms with Gasteiger partial charge in [-0.15, -0.1) is 0 Å². The fourth-order valence-electron chi connectivity index (χ4n) is 1.34. The minimum Gasteiger partial charge on any atom is -0.489 e. The summed E-state index contributed by atoms with van der Waals surface area (Å²) in [5.41, 5.74) is 0.649. The minimum absolute atomic E-state index is 0.0216. The van der Waals surface area contributed by atoms with Gasteiger partial charge in [0, 0.05) is 0 Å². The summed E-state index contributed by atoms with van der Waals surface area (Å²) in [6.07, 6.45) is 0. The first-order valence-electron chi connectivity index (χ1n) is 5.47. The van der Waals surface area contributed by atoms with E-state index in [4.69, 9.17) is 9.29 Å². The van der Waals surface area contributed by atoms with Gasteiger partial charge in [0.25, 0.3) is 10.1 Å². The Morgan fingerprint density at radius 1 is 1.33 bits per heavy atom. The Bertz CT molecular complexity index is 517. The van der Waals surface area contributed by atoms with Crippen LogP contribution in [0, 0.1) is 5.82 Å². The van der Waals surface area contributed by atoms with Crippen molar-refractivity contribution in [2.24, 2.45) is 0 Å². The molecule has 0 radical (unpaired) electrons. The van der Waals surface area contributed by atoms with Gasteiger partial charge in [-0.2, -0.15) is 8.42 Å². The molecule has 0 heterocycles. The molecule has 1 aromatic rings. The Morgan fingerprint density at radius 2 is 1.94 bits per heavy atom. The Balaban J connectivity index is 2.75. The van der Waals surface area contributed by atoms with Crippen LogP contribution in [-0.2, 0) is 15.5 Å². The second-order valence-corrected chi connectivity index (χ2v) is 6.60. The zero-order chi connectivity index (χ0) is 14.0. The molecule has 0 saturated carbocycles. The van der Waals surface area contributed by atoms with Crippen LogP contribution in [0.25, 0.3) is 0 Å². The van der Waals surface area contributed by atoms with E-state index in [2.05, 4.69) is 0 Å². The molecule has 0 bridgehead atoms. The molecule has 0 fully saturated rings. The van der Waals surface area contributed by atoms with Gasteiger partial charge >= 0.3 is 0 Å². The lowest BCUT2D eigenvalue weighted by Gasteiger charge is -2.19. The topological polar surface area (TPSA) is 63.6 Å². The summed E-state index contributed by atoms with van der Waals surface area (Å²) in [4.78, 5) is 0. The lowest BCUT2D eigenvalue weighted by Crippen LogP contribution is -2.14. The highest BCUT2D eigenvalue weighted by Gasteiger charge is 2.16. The van der Waals surface area contributed by atoms with Crippen molar-refractivity contribution >= 4 is 10.1 Å². The lowest BCUT2D eigenvalue weighted by molar-refractivity contribution is 0.318. The van der Waals surface area contributed by atoms with E-state index in [1.54, 1.807) is 6.07 Å². The first-order valence-corrected chi connectivity index (χ1v) is 7.08. The van der Waals surface area contributed by atoms with Crippen LogP contribution >= 0.6 is 0 Å². The summed E-state index contributed by atoms with van der Waals surface area (Å²) in [5, 5.41) is 0. The third kappa shape index (κ3) is 4.62. The molecule has 0 aliphatic carbocycles. The molecule has 0 aliphatic rings. The highest BCUT2D eigenvalue weighted by Crippen LogP contribution is 2.26. The Kier molecular flexibility index (Phi) is 4.34. The maximum absolute atomic E-state index is 13.7. The molecular weight excluding hydrogens is 259 g/mol. The first kappa shape index (κ1) is 14.9. The molecule has 4 nitrogen and oxygen atoms in total. The van der Waals surface area contributed by atoms with Crippen molar-refractivity contribution < 1.29 is 22.1 Å². The van der Waals surface area contributed by atoms with Crippen LogP contribution in [0.5, 0.6) is 5.75 Å². The predicted molar refractivity (Wildman–Crippen MR) is 67.0 cm³/mol. The molecule has 18 heavy (non-hydrogen) atoms. The number of rotatable bonds is 4. The summed E-state index contributed by atoms with van der Waals surface area (Å²) in [7, 11) is -4.09. The van der Waals surface area contributed by atoms with Gasteiger partial charge in [-0.1, -0.05) is 26.8 Å². The van der Waals surface area contributed by atoms with E-state index in [1.165, 1.54) is 12.1 Å². The SMILES string of the molecule is CC(C)(C)c1ccc(OCCS(=O)(=O)O)c(F)c1. The van der Waals surface area contributed by atoms with E-state index in [-0.39, 0.29) is 17.8 Å². The number of ether oxygens (including phenoxy) is 1. The third-order valence-electron chi connectivity index (χ3n) is 2.40. The van der Waals surface area contributed by atoms with Gasteiger partial charge in [-0.25, -0.2) is 4.39 Å². The molecule has 102 valence electrons. The maximum Gasteiger partial charge on any atom is 0.268 e. The molecule has 0 saturated heterocycles. The molecule has 1 aromatic carbocycles. The van der Waals surface area contributed by atoms with E-state index < -0.39 is 21.7 Å². The van der Waals surface area contributed by atoms with E-state index in [1.807, 2.05) is 20.8 Å². The van der Waals surface area contributed by atoms with Gasteiger partial charge in [-0.3, -0.25) is 4.55 Å². The van der Waals surface area contributed by atoms with Crippen LogP contribution in [0.4, 0.5) is 4.39 Å². The van der Waals surface area contributed by atoms with Gasteiger partial charge in [0.2, 0.25) is 0 Å². The summed E-state index contributed by atoms with van der Waals surface area (Å²) < 4.78 is 48.1. The van der Waals surface area contributed by atoms with Gasteiger partial charge in [-0.05, 0) is 23.1 Å². The number of hydrogen-bond acceptors (Lipinski definition) is 3. The molecule has 0 spiro atoms. The molecule has 1 rings (SSSR count). The van der Waals surface area contributed by atoms with Crippen LogP contribution in [0.15, 0.2) is 18.2 Å². The summed E-state index contributed by atoms with van der Waals surface area (Å²) in [6.45, 7) is 5.59. The van der Waals surface area contributed by atoms with Gasteiger partial charge in [0.05, 0.1) is 0 Å². The van der Waals surface area contributed by atoms with Gasteiger partial charge in [0.1, 0.15) is 12.4 Å². The number of hydrogen-bond donors (Lipinski definition) is 1. The predicted octanol–water partition coefficient (Wildman–Crippen LogP) is 2.39. The molecule has 6 heteroatoms. The van der Waals surface area contributed by atoms with Crippen LogP contribution in [0.3, 0.4) is 0 Å². The van der Waals surface area contributed by atoms with Crippen molar-refractivity contribution in [3.63, 3.8) is 0 Å². The average molecular weight is 276 g/mol. The van der Waals surface area contributed by atoms with Crippen molar-refractivity contribution in [1.29, 1.82) is 0 Å². The van der Waals surface area contributed by atoms with Crippen LogP contribution < -0.4 is 4.74 Å². The van der Waals surface area contributed by atoms with Gasteiger partial charge in [0.15, 0.2) is 11.6 Å². The molecule has 0 unspecified atom stereocenters. The number of benzene rings is 1. The normalized spacial score (nSPS) is 12.5. The third-order valence-corrected chi connectivity index (χ3v) is 3.08. The lowest BCUT2D eigenvalue weighted by atomic mass is 9.87. The average Bonchev–Trinajstić information content (AvgIpc) is 2.17. The largest absolute Gasteiger partial charge is 0.489 e. The van der Waals surface area contributed by atoms with E-state index >= 15 is 0 Å². The zero-order valence-corrected chi connectivity index (χ0v) is 11.4. The summed E-state index contributed by atoms with van der Waals surface area (Å²) in [6, 6.07) is 4.55. The second kappa shape index (κ2) is 5.24. The van der Waals surface area contributed by atoms with Crippen molar-refractivity contribution in [3.8, 4) is 5.75 Å². The molecule has 0 aliphatic heterocycles. The Morgan fingerprint density at radius 3 is 2.39 bits per heavy atom. The fourth-order valence-corrected chi connectivity index (χ4v) is 1.64. The molecular formula is C12H17FO4S. The van der Waals surface area contributed by atoms with E-state index in [0.29, 0.717) is 0 Å². The number of halogens is 1. The monoisotopic (exact) mass is 276 g/mol. The van der Waals surface area contributed by atoms with E-state index in [0.717, 1.165) is 5.56 Å². The summed E-state index contributed by atoms with van der Waals surface area (Å²) >= 11 is 0. The van der Waals surface area contributed by atoms with E-state index in [9.17, 15) is 12.8 Å². The van der Waals surface area contributed by atoms with Gasteiger partial charge < -0.3 is 4.74 Å². The van der Waals surface area contributed by atoms with Crippen molar-refractivity contribution in [1.82, 2.24) is 0 Å². The molecule has 0 amide bonds. The van der Waals surface area contributed by atoms with Crippen molar-refractivity contribution in [2.45, 2.75) is 26.2 Å². The smallest absolute Gasteiger partial charge is 0.268 e. The maximum atomic E-state index is 13.7. The first-order chi connectivity index (χ1) is 8.09. The Labute approximate surface area is 107 Å². The molecule has 1 N–H and O–H groups in total. The highest BCUT2D eigenvalue weighted by atomic mass is 32.2. The Hall–Kier alpha value is -1.14. The molecule has 0 atom stereocenters.